The van der Waals surface area contributed by atoms with Crippen molar-refractivity contribution in [3.05, 3.63) is 0 Å². The molecule has 0 aliphatic heterocycles. The molecule has 0 saturated carbocycles. The minimum absolute atomic E-state index is 1.85. The zero-order valence-electron chi connectivity index (χ0n) is 18.2. The molecular formula is C12H38Cl3InN6O2P2+2. The number of hydrogen-bond acceptors (Lipinski definition) is 8. The molecule has 0 heterocycles. The minimum atomic E-state index is -2.22. The fraction of sp³-hybridized carbons (Fsp3) is 1.00. The zero-order chi connectivity index (χ0) is 22.0. The van der Waals surface area contributed by atoms with Crippen molar-refractivity contribution in [2.75, 3.05) is 84.6 Å². The van der Waals surface area contributed by atoms with Gasteiger partial charge in [0, 0.05) is 84.6 Å². The van der Waals surface area contributed by atoms with Crippen LogP contribution in [0.15, 0.2) is 0 Å². The molecule has 0 unspecified atom stereocenters. The van der Waals surface area contributed by atoms with E-state index in [1.54, 1.807) is 0 Å². The van der Waals surface area contributed by atoms with Crippen molar-refractivity contribution in [1.82, 2.24) is 28.0 Å². The normalized spacial score (nSPS) is 12.6. The summed E-state index contributed by atoms with van der Waals surface area (Å²) >= 11 is -2.22. The molecule has 0 bridgehead atoms. The molecule has 160 valence electrons. The number of hydrogen-bond donors (Lipinski definition) is 2. The van der Waals surface area contributed by atoms with Crippen molar-refractivity contribution in [2.24, 2.45) is 0 Å². The molecule has 0 rings (SSSR count). The van der Waals surface area contributed by atoms with Crippen LogP contribution in [0.1, 0.15) is 0 Å². The zero-order valence-corrected chi connectivity index (χ0v) is 25.5. The molecule has 0 fully saturated rings. The Morgan fingerprint density at radius 2 is 0.538 bits per heavy atom. The van der Waals surface area contributed by atoms with E-state index in [1.807, 2.05) is 113 Å². The van der Waals surface area contributed by atoms with Crippen molar-refractivity contribution < 1.29 is 9.79 Å². The van der Waals surface area contributed by atoms with Gasteiger partial charge in [-0.05, 0) is 0 Å². The van der Waals surface area contributed by atoms with Crippen LogP contribution in [0.4, 0.5) is 0 Å². The van der Waals surface area contributed by atoms with Crippen LogP contribution in [0, 0.1) is 0 Å². The van der Waals surface area contributed by atoms with Crippen LogP contribution in [-0.2, 0) is 0 Å². The van der Waals surface area contributed by atoms with Crippen molar-refractivity contribution >= 4 is 59.5 Å². The summed E-state index contributed by atoms with van der Waals surface area (Å²) in [6.45, 7) is 0. The molecule has 26 heavy (non-hydrogen) atoms. The number of rotatable bonds is 6. The second-order valence-electron chi connectivity index (χ2n) is 6.40. The van der Waals surface area contributed by atoms with Gasteiger partial charge in [0.15, 0.2) is 0 Å². The molecule has 0 aliphatic carbocycles. The van der Waals surface area contributed by atoms with E-state index in [9.17, 15) is 9.79 Å². The summed E-state index contributed by atoms with van der Waals surface area (Å²) in [5.41, 5.74) is 0. The Balaban J connectivity index is -0.000000338. The van der Waals surface area contributed by atoms with E-state index in [1.165, 1.54) is 0 Å². The van der Waals surface area contributed by atoms with E-state index in [0.717, 1.165) is 0 Å². The van der Waals surface area contributed by atoms with Crippen LogP contribution in [0.5, 0.6) is 0 Å². The van der Waals surface area contributed by atoms with Gasteiger partial charge < -0.3 is 0 Å². The third-order valence-electron chi connectivity index (χ3n) is 3.22. The molecular weight excluding hydrogens is 543 g/mol. The summed E-state index contributed by atoms with van der Waals surface area (Å²) in [6, 6.07) is 0. The van der Waals surface area contributed by atoms with E-state index >= 15 is 0 Å². The first-order valence-corrected chi connectivity index (χ1v) is 23.3. The maximum atomic E-state index is 10.1. The third kappa shape index (κ3) is 11.5. The molecule has 14 heteroatoms. The Morgan fingerprint density at radius 3 is 0.538 bits per heavy atom. The van der Waals surface area contributed by atoms with Gasteiger partial charge in [0.05, 0.1) is 0 Å². The van der Waals surface area contributed by atoms with Crippen LogP contribution >= 0.6 is 41.6 Å². The maximum absolute atomic E-state index is 10.1. The Labute approximate surface area is 181 Å². The molecule has 0 atom stereocenters. The van der Waals surface area contributed by atoms with E-state index < -0.39 is 33.8 Å². The third-order valence-corrected chi connectivity index (χ3v) is 9.66. The molecule has 0 radical (unpaired) electrons. The fourth-order valence-electron chi connectivity index (χ4n) is 2.15. The predicted octanol–water partition coefficient (Wildman–Crippen LogP) is 2.37. The first kappa shape index (κ1) is 32.9. The van der Waals surface area contributed by atoms with E-state index in [0.29, 0.717) is 0 Å². The van der Waals surface area contributed by atoms with Gasteiger partial charge in [0.1, 0.15) is 0 Å². The standard InChI is InChI=1S/2C6H19N3OP.3ClH.In/c2*1-7(2)11(10,8(3)4)9(5)6;;;;/h2*10H,1-6H3;3*1H;/q2*+1;;;;+3/p-3. The van der Waals surface area contributed by atoms with Crippen LogP contribution in [0.2, 0.25) is 0 Å². The monoisotopic (exact) mass is 580 g/mol. The first-order valence-electron chi connectivity index (χ1n) is 7.62. The summed E-state index contributed by atoms with van der Waals surface area (Å²) in [4.78, 5) is 20.3. The summed E-state index contributed by atoms with van der Waals surface area (Å²) < 4.78 is 11.1. The van der Waals surface area contributed by atoms with E-state index in [2.05, 4.69) is 0 Å². The van der Waals surface area contributed by atoms with Crippen LogP contribution in [0.3, 0.4) is 0 Å². The summed E-state index contributed by atoms with van der Waals surface area (Å²) in [5, 5.41) is 0. The molecule has 0 aliphatic rings. The average molecular weight is 582 g/mol. The molecule has 0 aromatic rings. The van der Waals surface area contributed by atoms with Gasteiger partial charge in [-0.25, -0.2) is 0 Å². The van der Waals surface area contributed by atoms with Crippen molar-refractivity contribution in [3.63, 3.8) is 0 Å². The van der Waals surface area contributed by atoms with Gasteiger partial charge in [0.25, 0.3) is 0 Å². The number of halogens is 3. The van der Waals surface area contributed by atoms with Crippen molar-refractivity contribution in [2.45, 2.75) is 0 Å². The average Bonchev–Trinajstić information content (AvgIpc) is 2.43. The van der Waals surface area contributed by atoms with Crippen molar-refractivity contribution in [1.29, 1.82) is 0 Å². The fourth-order valence-corrected chi connectivity index (χ4v) is 6.44. The van der Waals surface area contributed by atoms with Gasteiger partial charge in [-0.3, -0.25) is 0 Å². The molecule has 8 nitrogen and oxygen atoms in total. The van der Waals surface area contributed by atoms with Crippen LogP contribution < -0.4 is 0 Å². The topological polar surface area (TPSA) is 59.9 Å². The molecule has 0 saturated heterocycles. The van der Waals surface area contributed by atoms with Crippen LogP contribution in [-0.4, -0.2) is 140 Å². The quantitative estimate of drug-likeness (QED) is 0.464. The molecule has 0 aromatic heterocycles. The predicted molar refractivity (Wildman–Crippen MR) is 124 cm³/mol. The van der Waals surface area contributed by atoms with Crippen molar-refractivity contribution in [3.8, 4) is 0 Å². The van der Waals surface area contributed by atoms with Crippen LogP contribution in [0.25, 0.3) is 0 Å². The van der Waals surface area contributed by atoms with E-state index in [4.69, 9.17) is 25.7 Å². The molecule has 0 spiro atoms. The summed E-state index contributed by atoms with van der Waals surface area (Å²) in [5.74, 6) is 0. The molecule has 0 aromatic carbocycles. The van der Waals surface area contributed by atoms with Gasteiger partial charge in [0.2, 0.25) is 0 Å². The Kier molecular flexibility index (Phi) is 19.2. The van der Waals surface area contributed by atoms with Gasteiger partial charge in [-0.1, -0.05) is 0 Å². The Morgan fingerprint density at radius 1 is 0.462 bits per heavy atom. The summed E-state index contributed by atoms with van der Waals surface area (Å²) in [7, 11) is 33.3. The van der Waals surface area contributed by atoms with Gasteiger partial charge in [-0.2, -0.15) is 9.79 Å². The van der Waals surface area contributed by atoms with Gasteiger partial charge >= 0.3 is 59.5 Å². The van der Waals surface area contributed by atoms with Gasteiger partial charge in [-0.15, -0.1) is 28.0 Å². The molecule has 2 N–H and O–H groups in total. The molecule has 0 amide bonds. The number of nitrogens with zero attached hydrogens (tertiary/aromatic N) is 6. The second-order valence-corrected chi connectivity index (χ2v) is 28.0. The Hall–Kier alpha value is 2.28. The second kappa shape index (κ2) is 15.1. The SMILES string of the molecule is CN(C)[P+](O)(N(C)C)N(C)C.CN(C)[P+](O)(N(C)C)N(C)C.[Cl][In]([Cl])[Cl]. The summed E-state index contributed by atoms with van der Waals surface area (Å²) in [6.07, 6.45) is 0. The first-order chi connectivity index (χ1) is 11.4. The van der Waals surface area contributed by atoms with E-state index in [-0.39, 0.29) is 0 Å². The Bertz CT molecular complexity index is 294.